The molecule has 0 bridgehead atoms. The highest BCUT2D eigenvalue weighted by Gasteiger charge is 2.13. The van der Waals surface area contributed by atoms with Crippen molar-refractivity contribution in [1.29, 1.82) is 0 Å². The van der Waals surface area contributed by atoms with Gasteiger partial charge in [-0.3, -0.25) is 9.59 Å². The number of nitrogens with zero attached hydrogens (tertiary/aromatic N) is 1. The highest BCUT2D eigenvalue weighted by atomic mass is 16.5. The number of nitrogens with one attached hydrogen (secondary N) is 1. The van der Waals surface area contributed by atoms with Gasteiger partial charge in [0.05, 0.1) is 25.3 Å². The normalized spacial score (nSPS) is 10.5. The first kappa shape index (κ1) is 21.8. The third kappa shape index (κ3) is 5.65. The first-order valence-corrected chi connectivity index (χ1v) is 10.4. The number of aromatic nitrogens is 1. The number of hydrogen-bond acceptors (Lipinski definition) is 6. The van der Waals surface area contributed by atoms with E-state index < -0.39 is 5.97 Å². The molecule has 0 saturated heterocycles. The summed E-state index contributed by atoms with van der Waals surface area (Å²) in [5.74, 6) is 1.30. The maximum atomic E-state index is 12.5. The van der Waals surface area contributed by atoms with Crippen LogP contribution in [0.3, 0.4) is 0 Å². The SMILES string of the molecule is COc1ccccc1C(=O)Nc1ccc(OC(=O)CCc2ncc(-c3ccccc3)o2)cc1. The quantitative estimate of drug-likeness (QED) is 0.300. The molecule has 0 aliphatic rings. The molecule has 0 saturated carbocycles. The molecule has 0 radical (unpaired) electrons. The van der Waals surface area contributed by atoms with E-state index >= 15 is 0 Å². The molecule has 0 aliphatic carbocycles. The molecular weight excluding hydrogens is 420 g/mol. The molecule has 4 rings (SSSR count). The zero-order chi connectivity index (χ0) is 23.0. The molecule has 7 nitrogen and oxygen atoms in total. The molecule has 0 unspecified atom stereocenters. The second kappa shape index (κ2) is 10.3. The van der Waals surface area contributed by atoms with E-state index in [9.17, 15) is 9.59 Å². The Balaban J connectivity index is 1.29. The van der Waals surface area contributed by atoms with Crippen LogP contribution in [0.25, 0.3) is 11.3 Å². The van der Waals surface area contributed by atoms with Gasteiger partial charge in [-0.1, -0.05) is 42.5 Å². The number of para-hydroxylation sites is 1. The lowest BCUT2D eigenvalue weighted by Gasteiger charge is -2.10. The first-order valence-electron chi connectivity index (χ1n) is 10.4. The Kier molecular flexibility index (Phi) is 6.80. The predicted octanol–water partition coefficient (Wildman–Crippen LogP) is 5.14. The number of anilines is 1. The van der Waals surface area contributed by atoms with Crippen LogP contribution in [0.15, 0.2) is 89.5 Å². The van der Waals surface area contributed by atoms with Crippen molar-refractivity contribution in [3.05, 3.63) is 96.5 Å². The predicted molar refractivity (Wildman–Crippen MR) is 123 cm³/mol. The molecule has 1 aromatic heterocycles. The molecule has 1 amide bonds. The highest BCUT2D eigenvalue weighted by molar-refractivity contribution is 6.06. The lowest BCUT2D eigenvalue weighted by atomic mass is 10.2. The second-order valence-corrected chi connectivity index (χ2v) is 7.14. The van der Waals surface area contributed by atoms with Gasteiger partial charge in [0.2, 0.25) is 0 Å². The molecule has 33 heavy (non-hydrogen) atoms. The Labute approximate surface area is 191 Å². The van der Waals surface area contributed by atoms with Crippen LogP contribution in [-0.2, 0) is 11.2 Å². The van der Waals surface area contributed by atoms with Crippen LogP contribution in [0.1, 0.15) is 22.7 Å². The molecule has 1 N–H and O–H groups in total. The monoisotopic (exact) mass is 442 g/mol. The van der Waals surface area contributed by atoms with E-state index in [4.69, 9.17) is 13.9 Å². The summed E-state index contributed by atoms with van der Waals surface area (Å²) in [5.41, 5.74) is 1.92. The smallest absolute Gasteiger partial charge is 0.311 e. The largest absolute Gasteiger partial charge is 0.496 e. The van der Waals surface area contributed by atoms with Crippen LogP contribution in [0.5, 0.6) is 11.5 Å². The fraction of sp³-hybridized carbons (Fsp3) is 0.115. The van der Waals surface area contributed by atoms with E-state index in [2.05, 4.69) is 10.3 Å². The van der Waals surface area contributed by atoms with Crippen molar-refractivity contribution in [2.24, 2.45) is 0 Å². The average Bonchev–Trinajstić information content (AvgIpc) is 3.34. The number of carbonyl (C=O) groups excluding carboxylic acids is 2. The first-order chi connectivity index (χ1) is 16.1. The van der Waals surface area contributed by atoms with Gasteiger partial charge in [0.25, 0.3) is 5.91 Å². The second-order valence-electron chi connectivity index (χ2n) is 7.14. The van der Waals surface area contributed by atoms with Crippen LogP contribution in [0.2, 0.25) is 0 Å². The number of carbonyl (C=O) groups is 2. The number of methoxy groups -OCH3 is 1. The number of oxazole rings is 1. The van der Waals surface area contributed by atoms with Crippen LogP contribution in [-0.4, -0.2) is 24.0 Å². The van der Waals surface area contributed by atoms with Gasteiger partial charge < -0.3 is 19.2 Å². The number of rotatable bonds is 8. The molecule has 166 valence electrons. The molecule has 4 aromatic rings. The standard InChI is InChI=1S/C26H22N2O5/c1-31-22-10-6-5-9-21(22)26(30)28-19-11-13-20(14-12-19)32-25(29)16-15-24-27-17-23(33-24)18-7-3-2-4-8-18/h2-14,17H,15-16H2,1H3,(H,28,30). The average molecular weight is 442 g/mol. The van der Waals surface area contributed by atoms with Gasteiger partial charge in [-0.25, -0.2) is 4.98 Å². The van der Waals surface area contributed by atoms with E-state index in [1.807, 2.05) is 30.3 Å². The summed E-state index contributed by atoms with van der Waals surface area (Å²) < 4.78 is 16.3. The lowest BCUT2D eigenvalue weighted by Crippen LogP contribution is -2.13. The maximum Gasteiger partial charge on any atom is 0.311 e. The Morgan fingerprint density at radius 2 is 1.67 bits per heavy atom. The van der Waals surface area contributed by atoms with Gasteiger partial charge in [-0.2, -0.15) is 0 Å². The number of benzene rings is 3. The van der Waals surface area contributed by atoms with Crippen LogP contribution >= 0.6 is 0 Å². The summed E-state index contributed by atoms with van der Waals surface area (Å²) in [7, 11) is 1.51. The third-order valence-electron chi connectivity index (χ3n) is 4.85. The Hall–Kier alpha value is -4.39. The fourth-order valence-corrected chi connectivity index (χ4v) is 3.19. The van der Waals surface area contributed by atoms with Gasteiger partial charge in [-0.15, -0.1) is 0 Å². The minimum Gasteiger partial charge on any atom is -0.496 e. The Morgan fingerprint density at radius 1 is 0.939 bits per heavy atom. The van der Waals surface area contributed by atoms with Crippen molar-refractivity contribution in [2.45, 2.75) is 12.8 Å². The molecule has 0 aliphatic heterocycles. The summed E-state index contributed by atoms with van der Waals surface area (Å²) in [6, 6.07) is 23.2. The van der Waals surface area contributed by atoms with Crippen molar-refractivity contribution in [3.8, 4) is 22.8 Å². The summed E-state index contributed by atoms with van der Waals surface area (Å²) in [6.45, 7) is 0. The topological polar surface area (TPSA) is 90.7 Å². The minimum absolute atomic E-state index is 0.126. The zero-order valence-corrected chi connectivity index (χ0v) is 18.0. The summed E-state index contributed by atoms with van der Waals surface area (Å²) >= 11 is 0. The van der Waals surface area contributed by atoms with E-state index in [0.29, 0.717) is 40.8 Å². The molecule has 7 heteroatoms. The number of aryl methyl sites for hydroxylation is 1. The van der Waals surface area contributed by atoms with E-state index in [-0.39, 0.29) is 12.3 Å². The fourth-order valence-electron chi connectivity index (χ4n) is 3.19. The molecule has 3 aromatic carbocycles. The third-order valence-corrected chi connectivity index (χ3v) is 4.85. The Morgan fingerprint density at radius 3 is 2.42 bits per heavy atom. The van der Waals surface area contributed by atoms with Crippen LogP contribution < -0.4 is 14.8 Å². The number of esters is 1. The van der Waals surface area contributed by atoms with Crippen LogP contribution in [0, 0.1) is 0 Å². The van der Waals surface area contributed by atoms with E-state index in [1.165, 1.54) is 7.11 Å². The van der Waals surface area contributed by atoms with Crippen LogP contribution in [0.4, 0.5) is 5.69 Å². The summed E-state index contributed by atoms with van der Waals surface area (Å²) in [6.07, 6.45) is 2.10. The van der Waals surface area contributed by atoms with Gasteiger partial charge in [0.1, 0.15) is 11.5 Å². The van der Waals surface area contributed by atoms with E-state index in [0.717, 1.165) is 5.56 Å². The Bertz CT molecular complexity index is 1230. The van der Waals surface area contributed by atoms with Gasteiger partial charge in [-0.05, 0) is 36.4 Å². The summed E-state index contributed by atoms with van der Waals surface area (Å²) in [4.78, 5) is 28.9. The number of hydrogen-bond donors (Lipinski definition) is 1. The van der Waals surface area contributed by atoms with Crippen molar-refractivity contribution >= 4 is 17.6 Å². The number of amides is 1. The molecule has 1 heterocycles. The number of ether oxygens (including phenoxy) is 2. The van der Waals surface area contributed by atoms with Crippen molar-refractivity contribution in [1.82, 2.24) is 4.98 Å². The molecule has 0 fully saturated rings. The van der Waals surface area contributed by atoms with Crippen molar-refractivity contribution < 1.29 is 23.5 Å². The van der Waals surface area contributed by atoms with Gasteiger partial charge >= 0.3 is 5.97 Å². The van der Waals surface area contributed by atoms with Crippen molar-refractivity contribution in [3.63, 3.8) is 0 Å². The molecule has 0 spiro atoms. The van der Waals surface area contributed by atoms with Gasteiger partial charge in [0, 0.05) is 17.7 Å². The minimum atomic E-state index is -0.403. The maximum absolute atomic E-state index is 12.5. The summed E-state index contributed by atoms with van der Waals surface area (Å²) in [5, 5.41) is 2.80. The lowest BCUT2D eigenvalue weighted by molar-refractivity contribution is -0.134. The van der Waals surface area contributed by atoms with Gasteiger partial charge in [0.15, 0.2) is 11.7 Å². The van der Waals surface area contributed by atoms with E-state index in [1.54, 1.807) is 54.7 Å². The molecular formula is C26H22N2O5. The molecule has 0 atom stereocenters. The highest BCUT2D eigenvalue weighted by Crippen LogP contribution is 2.22. The zero-order valence-electron chi connectivity index (χ0n) is 18.0. The van der Waals surface area contributed by atoms with Crippen molar-refractivity contribution in [2.75, 3.05) is 12.4 Å².